The van der Waals surface area contributed by atoms with Gasteiger partial charge >= 0.3 is 6.03 Å². The van der Waals surface area contributed by atoms with E-state index < -0.39 is 0 Å². The van der Waals surface area contributed by atoms with Gasteiger partial charge in [-0.05, 0) is 32.9 Å². The van der Waals surface area contributed by atoms with E-state index in [0.29, 0.717) is 24.5 Å². The van der Waals surface area contributed by atoms with E-state index in [2.05, 4.69) is 5.32 Å². The second-order valence-electron chi connectivity index (χ2n) is 4.92. The molecule has 0 atom stereocenters. The molecular weight excluding hydrogens is 242 g/mol. The Morgan fingerprint density at radius 1 is 1.47 bits per heavy atom. The van der Waals surface area contributed by atoms with Crippen LogP contribution in [0.2, 0.25) is 0 Å². The normalized spacial score (nSPS) is 11.0. The van der Waals surface area contributed by atoms with Gasteiger partial charge in [0.05, 0.1) is 12.6 Å². The number of urea groups is 1. The Hall–Kier alpha value is -1.75. The van der Waals surface area contributed by atoms with E-state index in [1.165, 1.54) is 0 Å². The lowest BCUT2D eigenvalue weighted by Gasteiger charge is -2.36. The average molecular weight is 265 g/mol. The maximum atomic E-state index is 12.3. The second-order valence-corrected chi connectivity index (χ2v) is 4.92. The highest BCUT2D eigenvalue weighted by atomic mass is 16.5. The largest absolute Gasteiger partial charge is 0.497 e. The number of nitrogens with one attached hydrogen (secondary N) is 1. The molecule has 0 unspecified atom stereocenters. The molecule has 106 valence electrons. The predicted molar refractivity (Wildman–Crippen MR) is 77.5 cm³/mol. The average Bonchev–Trinajstić information content (AvgIpc) is 2.39. The fourth-order valence-electron chi connectivity index (χ4n) is 1.85. The van der Waals surface area contributed by atoms with E-state index in [9.17, 15) is 4.79 Å². The number of likely N-dealkylation sites (N-methyl/N-ethyl adjacent to an activating group) is 1. The third kappa shape index (κ3) is 3.86. The number of anilines is 1. The molecular formula is C14H23N3O2. The summed E-state index contributed by atoms with van der Waals surface area (Å²) >= 11 is 0. The summed E-state index contributed by atoms with van der Waals surface area (Å²) in [5, 5.41) is 2.86. The minimum atomic E-state index is -0.377. The van der Waals surface area contributed by atoms with Crippen molar-refractivity contribution in [3.05, 3.63) is 24.3 Å². The smallest absolute Gasteiger partial charge is 0.322 e. The Bertz CT molecular complexity index is 432. The van der Waals surface area contributed by atoms with Gasteiger partial charge in [0.2, 0.25) is 0 Å². The number of methoxy groups -OCH3 is 1. The number of carbonyl (C=O) groups excluding carboxylic acids is 1. The van der Waals surface area contributed by atoms with E-state index >= 15 is 0 Å². The van der Waals surface area contributed by atoms with Crippen molar-refractivity contribution in [2.24, 2.45) is 5.73 Å². The first-order chi connectivity index (χ1) is 8.94. The zero-order chi connectivity index (χ0) is 14.5. The number of hydrogen-bond acceptors (Lipinski definition) is 3. The van der Waals surface area contributed by atoms with Crippen LogP contribution in [0.5, 0.6) is 5.75 Å². The molecule has 0 saturated heterocycles. The number of benzene rings is 1. The third-order valence-electron chi connectivity index (χ3n) is 3.11. The monoisotopic (exact) mass is 265 g/mol. The highest BCUT2D eigenvalue weighted by Gasteiger charge is 2.28. The van der Waals surface area contributed by atoms with Crippen LogP contribution < -0.4 is 15.8 Å². The van der Waals surface area contributed by atoms with E-state index in [-0.39, 0.29) is 11.6 Å². The summed E-state index contributed by atoms with van der Waals surface area (Å²) in [7, 11) is 1.59. The number of nitrogens with zero attached hydrogens (tertiary/aromatic N) is 1. The van der Waals surface area contributed by atoms with Crippen LogP contribution in [0.4, 0.5) is 10.5 Å². The molecule has 19 heavy (non-hydrogen) atoms. The van der Waals surface area contributed by atoms with Crippen LogP contribution in [0.1, 0.15) is 20.8 Å². The van der Waals surface area contributed by atoms with Crippen molar-refractivity contribution in [1.29, 1.82) is 0 Å². The first-order valence-corrected chi connectivity index (χ1v) is 6.37. The number of carbonyl (C=O) groups is 1. The summed E-state index contributed by atoms with van der Waals surface area (Å²) < 4.78 is 5.13. The first-order valence-electron chi connectivity index (χ1n) is 6.37. The Kier molecular flexibility index (Phi) is 5.18. The third-order valence-corrected chi connectivity index (χ3v) is 3.11. The standard InChI is InChI=1S/C14H23N3O2/c1-5-17(14(2,3)10-15)13(18)16-11-7-6-8-12(9-11)19-4/h6-9H,5,10,15H2,1-4H3,(H,16,18). The van der Waals surface area contributed by atoms with Crippen LogP contribution >= 0.6 is 0 Å². The van der Waals surface area contributed by atoms with Crippen molar-refractivity contribution < 1.29 is 9.53 Å². The number of rotatable bonds is 5. The molecule has 0 aliphatic rings. The summed E-state index contributed by atoms with van der Waals surface area (Å²) in [6.07, 6.45) is 0. The molecule has 0 fully saturated rings. The van der Waals surface area contributed by atoms with Gasteiger partial charge in [-0.3, -0.25) is 0 Å². The Morgan fingerprint density at radius 3 is 2.68 bits per heavy atom. The summed E-state index contributed by atoms with van der Waals surface area (Å²) in [6.45, 7) is 6.83. The summed E-state index contributed by atoms with van der Waals surface area (Å²) in [4.78, 5) is 14.0. The number of amides is 2. The van der Waals surface area contributed by atoms with E-state index in [0.717, 1.165) is 0 Å². The van der Waals surface area contributed by atoms with Gasteiger partial charge < -0.3 is 20.7 Å². The predicted octanol–water partition coefficient (Wildman–Crippen LogP) is 2.29. The SMILES string of the molecule is CCN(C(=O)Nc1cccc(OC)c1)C(C)(C)CN. The number of hydrogen-bond donors (Lipinski definition) is 2. The second kappa shape index (κ2) is 6.43. The van der Waals surface area contributed by atoms with Crippen LogP contribution in [0, 0.1) is 0 Å². The Balaban J connectivity index is 2.82. The molecule has 0 bridgehead atoms. The van der Waals surface area contributed by atoms with Crippen molar-refractivity contribution in [2.45, 2.75) is 26.3 Å². The maximum absolute atomic E-state index is 12.3. The van der Waals surface area contributed by atoms with Gasteiger partial charge in [0.25, 0.3) is 0 Å². The van der Waals surface area contributed by atoms with Gasteiger partial charge in [0.1, 0.15) is 5.75 Å². The van der Waals surface area contributed by atoms with Crippen LogP contribution in [-0.2, 0) is 0 Å². The van der Waals surface area contributed by atoms with E-state index in [1.54, 1.807) is 18.1 Å². The van der Waals surface area contributed by atoms with Crippen molar-refractivity contribution in [3.8, 4) is 5.75 Å². The molecule has 3 N–H and O–H groups in total. The molecule has 1 rings (SSSR count). The number of nitrogens with two attached hydrogens (primary N) is 1. The summed E-state index contributed by atoms with van der Waals surface area (Å²) in [6, 6.07) is 7.10. The lowest BCUT2D eigenvalue weighted by atomic mass is 10.0. The van der Waals surface area contributed by atoms with Crippen molar-refractivity contribution in [2.75, 3.05) is 25.5 Å². The van der Waals surface area contributed by atoms with Gasteiger partial charge in [-0.25, -0.2) is 4.79 Å². The van der Waals surface area contributed by atoms with Crippen LogP contribution in [-0.4, -0.2) is 36.7 Å². The summed E-state index contributed by atoms with van der Waals surface area (Å²) in [5.41, 5.74) is 6.04. The fraction of sp³-hybridized carbons (Fsp3) is 0.500. The maximum Gasteiger partial charge on any atom is 0.322 e. The van der Waals surface area contributed by atoms with E-state index in [1.807, 2.05) is 39.0 Å². The van der Waals surface area contributed by atoms with E-state index in [4.69, 9.17) is 10.5 Å². The highest BCUT2D eigenvalue weighted by Crippen LogP contribution is 2.19. The molecule has 0 radical (unpaired) electrons. The van der Waals surface area contributed by atoms with Crippen molar-refractivity contribution in [1.82, 2.24) is 4.90 Å². The Morgan fingerprint density at radius 2 is 2.16 bits per heavy atom. The molecule has 5 nitrogen and oxygen atoms in total. The molecule has 2 amide bonds. The molecule has 0 spiro atoms. The minimum absolute atomic E-state index is 0.161. The first kappa shape index (κ1) is 15.3. The van der Waals surface area contributed by atoms with Crippen LogP contribution in [0.15, 0.2) is 24.3 Å². The molecule has 5 heteroatoms. The lowest BCUT2D eigenvalue weighted by Crippen LogP contribution is -2.53. The van der Waals surface area contributed by atoms with Gasteiger partial charge in [-0.2, -0.15) is 0 Å². The molecule has 0 saturated carbocycles. The van der Waals surface area contributed by atoms with Crippen LogP contribution in [0.25, 0.3) is 0 Å². The zero-order valence-electron chi connectivity index (χ0n) is 12.1. The lowest BCUT2D eigenvalue weighted by molar-refractivity contribution is 0.155. The number of ether oxygens (including phenoxy) is 1. The summed E-state index contributed by atoms with van der Waals surface area (Å²) in [5.74, 6) is 0.707. The van der Waals surface area contributed by atoms with Gasteiger partial charge in [-0.15, -0.1) is 0 Å². The molecule has 0 heterocycles. The molecule has 0 aliphatic heterocycles. The fourth-order valence-corrected chi connectivity index (χ4v) is 1.85. The van der Waals surface area contributed by atoms with Crippen molar-refractivity contribution >= 4 is 11.7 Å². The van der Waals surface area contributed by atoms with Gasteiger partial charge in [-0.1, -0.05) is 6.07 Å². The topological polar surface area (TPSA) is 67.6 Å². The van der Waals surface area contributed by atoms with Gasteiger partial charge in [0, 0.05) is 24.8 Å². The van der Waals surface area contributed by atoms with Crippen molar-refractivity contribution in [3.63, 3.8) is 0 Å². The highest BCUT2D eigenvalue weighted by molar-refractivity contribution is 5.90. The minimum Gasteiger partial charge on any atom is -0.497 e. The zero-order valence-corrected chi connectivity index (χ0v) is 12.1. The van der Waals surface area contributed by atoms with Crippen LogP contribution in [0.3, 0.4) is 0 Å². The quantitative estimate of drug-likeness (QED) is 0.858. The molecule has 0 aromatic heterocycles. The molecule has 0 aliphatic carbocycles. The Labute approximate surface area is 114 Å². The van der Waals surface area contributed by atoms with Gasteiger partial charge in [0.15, 0.2) is 0 Å². The molecule has 1 aromatic rings. The molecule has 1 aromatic carbocycles.